The fourth-order valence-corrected chi connectivity index (χ4v) is 1.80. The van der Waals surface area contributed by atoms with Crippen LogP contribution in [-0.4, -0.2) is 28.1 Å². The molecule has 5 nitrogen and oxygen atoms in total. The minimum Gasteiger partial charge on any atom is -0.494 e. The van der Waals surface area contributed by atoms with Crippen molar-refractivity contribution in [2.24, 2.45) is 0 Å². The van der Waals surface area contributed by atoms with Gasteiger partial charge < -0.3 is 15.2 Å². The second-order valence-electron chi connectivity index (χ2n) is 4.15. The molecule has 2 N–H and O–H groups in total. The highest BCUT2D eigenvalue weighted by Gasteiger charge is 1.99. The van der Waals surface area contributed by atoms with Crippen LogP contribution in [0.5, 0.6) is 5.75 Å². The number of rotatable bonds is 7. The molecule has 0 aliphatic rings. The van der Waals surface area contributed by atoms with Gasteiger partial charge in [-0.2, -0.15) is 5.10 Å². The monoisotopic (exact) mass is 261 g/mol. The van der Waals surface area contributed by atoms with E-state index >= 15 is 0 Å². The van der Waals surface area contributed by atoms with Crippen molar-refractivity contribution in [2.45, 2.75) is 20.0 Å². The summed E-state index contributed by atoms with van der Waals surface area (Å²) in [6.07, 6.45) is 3.63. The number of aliphatic hydroxyl groups is 1. The van der Waals surface area contributed by atoms with Gasteiger partial charge in [0.15, 0.2) is 0 Å². The Labute approximate surface area is 112 Å². The second kappa shape index (κ2) is 6.80. The van der Waals surface area contributed by atoms with Crippen LogP contribution in [0.2, 0.25) is 0 Å². The maximum Gasteiger partial charge on any atom is 0.119 e. The van der Waals surface area contributed by atoms with Crippen LogP contribution >= 0.6 is 0 Å². The smallest absolute Gasteiger partial charge is 0.119 e. The zero-order valence-corrected chi connectivity index (χ0v) is 11.0. The lowest BCUT2D eigenvalue weighted by Crippen LogP contribution is -2.02. The molecule has 0 unspecified atom stereocenters. The van der Waals surface area contributed by atoms with Gasteiger partial charge in [0.25, 0.3) is 0 Å². The Morgan fingerprint density at radius 2 is 2.32 bits per heavy atom. The van der Waals surface area contributed by atoms with Gasteiger partial charge in [0, 0.05) is 12.7 Å². The fourth-order valence-electron chi connectivity index (χ4n) is 1.80. The molecule has 0 fully saturated rings. The third-order valence-electron chi connectivity index (χ3n) is 2.67. The first-order valence-corrected chi connectivity index (χ1v) is 6.40. The summed E-state index contributed by atoms with van der Waals surface area (Å²) in [5, 5.41) is 16.2. The summed E-state index contributed by atoms with van der Waals surface area (Å²) < 4.78 is 7.17. The van der Waals surface area contributed by atoms with E-state index in [1.165, 1.54) is 0 Å². The molecule has 1 aromatic heterocycles. The SMILES string of the molecule is CCOc1cccc(CNc2cnn(CCO)c2)c1. The van der Waals surface area contributed by atoms with Crippen LogP contribution in [0, 0.1) is 0 Å². The van der Waals surface area contributed by atoms with Gasteiger partial charge in [0.2, 0.25) is 0 Å². The molecule has 0 aliphatic heterocycles. The lowest BCUT2D eigenvalue weighted by Gasteiger charge is -2.07. The average Bonchev–Trinajstić information content (AvgIpc) is 2.86. The van der Waals surface area contributed by atoms with Gasteiger partial charge in [-0.1, -0.05) is 12.1 Å². The molecule has 2 rings (SSSR count). The summed E-state index contributed by atoms with van der Waals surface area (Å²) in [7, 11) is 0. The van der Waals surface area contributed by atoms with Gasteiger partial charge in [0.1, 0.15) is 5.75 Å². The number of nitrogens with one attached hydrogen (secondary N) is 1. The molecule has 0 atom stereocenters. The summed E-state index contributed by atoms with van der Waals surface area (Å²) in [6, 6.07) is 8.01. The molecule has 0 aliphatic carbocycles. The van der Waals surface area contributed by atoms with Crippen molar-refractivity contribution in [3.63, 3.8) is 0 Å². The predicted octanol–water partition coefficient (Wildman–Crippen LogP) is 1.89. The van der Waals surface area contributed by atoms with Gasteiger partial charge >= 0.3 is 0 Å². The Balaban J connectivity index is 1.91. The maximum absolute atomic E-state index is 8.82. The van der Waals surface area contributed by atoms with Crippen LogP contribution in [0.15, 0.2) is 36.7 Å². The van der Waals surface area contributed by atoms with E-state index in [1.54, 1.807) is 10.9 Å². The first-order valence-electron chi connectivity index (χ1n) is 6.40. The van der Waals surface area contributed by atoms with Crippen LogP contribution < -0.4 is 10.1 Å². The summed E-state index contributed by atoms with van der Waals surface area (Å²) in [5.74, 6) is 0.887. The highest BCUT2D eigenvalue weighted by atomic mass is 16.5. The highest BCUT2D eigenvalue weighted by Crippen LogP contribution is 2.15. The Morgan fingerprint density at radius 1 is 1.42 bits per heavy atom. The van der Waals surface area contributed by atoms with Crippen molar-refractivity contribution >= 4 is 5.69 Å². The van der Waals surface area contributed by atoms with E-state index in [0.29, 0.717) is 19.7 Å². The summed E-state index contributed by atoms with van der Waals surface area (Å²) in [4.78, 5) is 0. The van der Waals surface area contributed by atoms with Crippen molar-refractivity contribution in [1.82, 2.24) is 9.78 Å². The number of aliphatic hydroxyl groups excluding tert-OH is 1. The van der Waals surface area contributed by atoms with Crippen molar-refractivity contribution in [2.75, 3.05) is 18.5 Å². The molecule has 0 saturated carbocycles. The molecule has 0 spiro atoms. The maximum atomic E-state index is 8.82. The molecule has 102 valence electrons. The van der Waals surface area contributed by atoms with E-state index in [1.807, 2.05) is 37.4 Å². The number of anilines is 1. The molecular formula is C14H19N3O2. The average molecular weight is 261 g/mol. The number of hydrogen-bond donors (Lipinski definition) is 2. The molecule has 0 amide bonds. The van der Waals surface area contributed by atoms with E-state index in [-0.39, 0.29) is 6.61 Å². The molecule has 0 radical (unpaired) electrons. The number of hydrogen-bond acceptors (Lipinski definition) is 4. The van der Waals surface area contributed by atoms with Gasteiger partial charge in [-0.3, -0.25) is 4.68 Å². The molecule has 1 aromatic carbocycles. The fraction of sp³-hybridized carbons (Fsp3) is 0.357. The molecule has 19 heavy (non-hydrogen) atoms. The van der Waals surface area contributed by atoms with E-state index in [2.05, 4.69) is 10.4 Å². The van der Waals surface area contributed by atoms with E-state index in [4.69, 9.17) is 9.84 Å². The first kappa shape index (κ1) is 13.4. The van der Waals surface area contributed by atoms with Crippen molar-refractivity contribution in [1.29, 1.82) is 0 Å². The number of ether oxygens (including phenoxy) is 1. The van der Waals surface area contributed by atoms with Crippen molar-refractivity contribution < 1.29 is 9.84 Å². The Bertz CT molecular complexity index is 511. The van der Waals surface area contributed by atoms with Gasteiger partial charge in [0.05, 0.1) is 31.6 Å². The van der Waals surface area contributed by atoms with Crippen LogP contribution in [0.4, 0.5) is 5.69 Å². The topological polar surface area (TPSA) is 59.3 Å². The standard InChI is InChI=1S/C14H19N3O2/c1-2-19-14-5-3-4-12(8-14)9-15-13-10-16-17(11-13)6-7-18/h3-5,8,10-11,15,18H,2,6-7,9H2,1H3. The number of nitrogens with zero attached hydrogens (tertiary/aromatic N) is 2. The van der Waals surface area contributed by atoms with Crippen molar-refractivity contribution in [3.05, 3.63) is 42.2 Å². The Morgan fingerprint density at radius 3 is 3.11 bits per heavy atom. The van der Waals surface area contributed by atoms with E-state index in [9.17, 15) is 0 Å². The van der Waals surface area contributed by atoms with E-state index in [0.717, 1.165) is 17.0 Å². The third-order valence-corrected chi connectivity index (χ3v) is 2.67. The molecule has 0 bridgehead atoms. The van der Waals surface area contributed by atoms with E-state index < -0.39 is 0 Å². The third kappa shape index (κ3) is 3.99. The summed E-state index contributed by atoms with van der Waals surface area (Å²) >= 11 is 0. The summed E-state index contributed by atoms with van der Waals surface area (Å²) in [5.41, 5.74) is 2.09. The first-order chi connectivity index (χ1) is 9.31. The number of benzene rings is 1. The zero-order chi connectivity index (χ0) is 13.5. The number of aromatic nitrogens is 2. The van der Waals surface area contributed by atoms with Crippen LogP contribution in [0.3, 0.4) is 0 Å². The van der Waals surface area contributed by atoms with Gasteiger partial charge in [-0.15, -0.1) is 0 Å². The van der Waals surface area contributed by atoms with Gasteiger partial charge in [-0.05, 0) is 24.6 Å². The highest BCUT2D eigenvalue weighted by molar-refractivity contribution is 5.40. The molecule has 5 heteroatoms. The Hall–Kier alpha value is -2.01. The molecule has 2 aromatic rings. The quantitative estimate of drug-likeness (QED) is 0.799. The minimum atomic E-state index is 0.0948. The van der Waals surface area contributed by atoms with Crippen LogP contribution in [0.1, 0.15) is 12.5 Å². The molecule has 1 heterocycles. The summed E-state index contributed by atoms with van der Waals surface area (Å²) in [6.45, 7) is 3.97. The van der Waals surface area contributed by atoms with Crippen LogP contribution in [-0.2, 0) is 13.1 Å². The molecule has 0 saturated heterocycles. The van der Waals surface area contributed by atoms with Crippen LogP contribution in [0.25, 0.3) is 0 Å². The predicted molar refractivity (Wildman–Crippen MR) is 74.3 cm³/mol. The normalized spacial score (nSPS) is 10.4. The molecular weight excluding hydrogens is 242 g/mol. The lowest BCUT2D eigenvalue weighted by molar-refractivity contribution is 0.269. The largest absolute Gasteiger partial charge is 0.494 e. The zero-order valence-electron chi connectivity index (χ0n) is 11.0. The Kier molecular flexibility index (Phi) is 4.80. The second-order valence-corrected chi connectivity index (χ2v) is 4.15. The minimum absolute atomic E-state index is 0.0948. The van der Waals surface area contributed by atoms with Crippen molar-refractivity contribution in [3.8, 4) is 5.75 Å². The lowest BCUT2D eigenvalue weighted by atomic mass is 10.2. The van der Waals surface area contributed by atoms with Gasteiger partial charge in [-0.25, -0.2) is 0 Å².